The molecule has 5 heteroatoms. The minimum absolute atomic E-state index is 0.966. The van der Waals surface area contributed by atoms with Gasteiger partial charge in [-0.3, -0.25) is 4.68 Å². The second-order valence-corrected chi connectivity index (χ2v) is 5.28. The minimum atomic E-state index is 0.966. The molecule has 1 aromatic rings. The van der Waals surface area contributed by atoms with Crippen molar-refractivity contribution < 1.29 is 0 Å². The molecule has 0 aliphatic heterocycles. The topological polar surface area (TPSA) is 33.1 Å². The van der Waals surface area contributed by atoms with E-state index in [1.54, 1.807) is 0 Å². The SMILES string of the molecule is CCN(CC)CCn1cc(NCCCSC)cn1. The van der Waals surface area contributed by atoms with Crippen molar-refractivity contribution in [2.24, 2.45) is 0 Å². The van der Waals surface area contributed by atoms with Crippen LogP contribution in [-0.2, 0) is 6.54 Å². The summed E-state index contributed by atoms with van der Waals surface area (Å²) in [5, 5.41) is 7.78. The van der Waals surface area contributed by atoms with Crippen LogP contribution in [0.15, 0.2) is 12.4 Å². The average Bonchev–Trinajstić information content (AvgIpc) is 2.84. The highest BCUT2D eigenvalue weighted by Gasteiger charge is 2.01. The van der Waals surface area contributed by atoms with E-state index in [1.165, 1.54) is 12.2 Å². The number of hydrogen-bond acceptors (Lipinski definition) is 4. The molecule has 0 saturated heterocycles. The molecule has 1 rings (SSSR count). The number of anilines is 1. The summed E-state index contributed by atoms with van der Waals surface area (Å²) in [6.45, 7) is 9.68. The van der Waals surface area contributed by atoms with E-state index >= 15 is 0 Å². The van der Waals surface area contributed by atoms with Crippen molar-refractivity contribution in [2.75, 3.05) is 43.5 Å². The van der Waals surface area contributed by atoms with Gasteiger partial charge in [-0.25, -0.2) is 0 Å². The molecule has 0 saturated carbocycles. The maximum absolute atomic E-state index is 4.38. The summed E-state index contributed by atoms with van der Waals surface area (Å²) in [7, 11) is 0. The third-order valence-corrected chi connectivity index (χ3v) is 3.72. The van der Waals surface area contributed by atoms with Gasteiger partial charge in [0.1, 0.15) is 0 Å². The maximum Gasteiger partial charge on any atom is 0.0726 e. The standard InChI is InChI=1S/C13H26N4S/c1-4-16(5-2)8-9-17-12-13(11-15-17)14-7-6-10-18-3/h11-12,14H,4-10H2,1-3H3. The summed E-state index contributed by atoms with van der Waals surface area (Å²) in [5.41, 5.74) is 1.13. The van der Waals surface area contributed by atoms with Crippen molar-refractivity contribution >= 4 is 17.4 Å². The van der Waals surface area contributed by atoms with Gasteiger partial charge in [-0.05, 0) is 31.5 Å². The molecule has 0 aromatic carbocycles. The predicted octanol–water partition coefficient (Wildman–Crippen LogP) is 2.39. The van der Waals surface area contributed by atoms with Crippen LogP contribution in [0.4, 0.5) is 5.69 Å². The Bertz CT molecular complexity index is 310. The molecule has 18 heavy (non-hydrogen) atoms. The first-order valence-electron chi connectivity index (χ1n) is 6.77. The molecule has 0 aliphatic rings. The van der Waals surface area contributed by atoms with E-state index in [9.17, 15) is 0 Å². The van der Waals surface area contributed by atoms with Crippen LogP contribution in [0.1, 0.15) is 20.3 Å². The lowest BCUT2D eigenvalue weighted by atomic mass is 10.4. The van der Waals surface area contributed by atoms with Crippen LogP contribution in [0, 0.1) is 0 Å². The van der Waals surface area contributed by atoms with Gasteiger partial charge in [0, 0.05) is 19.3 Å². The van der Waals surface area contributed by atoms with Crippen LogP contribution in [0.5, 0.6) is 0 Å². The van der Waals surface area contributed by atoms with E-state index in [4.69, 9.17) is 0 Å². The highest BCUT2D eigenvalue weighted by Crippen LogP contribution is 2.05. The van der Waals surface area contributed by atoms with Crippen molar-refractivity contribution in [3.8, 4) is 0 Å². The Morgan fingerprint density at radius 1 is 1.39 bits per heavy atom. The molecule has 0 bridgehead atoms. The molecule has 0 unspecified atom stereocenters. The van der Waals surface area contributed by atoms with E-state index in [-0.39, 0.29) is 0 Å². The van der Waals surface area contributed by atoms with Gasteiger partial charge in [0.25, 0.3) is 0 Å². The number of nitrogens with one attached hydrogen (secondary N) is 1. The first kappa shape index (κ1) is 15.4. The Morgan fingerprint density at radius 3 is 2.83 bits per heavy atom. The molecular weight excluding hydrogens is 244 g/mol. The fourth-order valence-electron chi connectivity index (χ4n) is 1.81. The van der Waals surface area contributed by atoms with Crippen LogP contribution in [0.2, 0.25) is 0 Å². The molecule has 1 aromatic heterocycles. The monoisotopic (exact) mass is 270 g/mol. The van der Waals surface area contributed by atoms with Crippen molar-refractivity contribution in [3.05, 3.63) is 12.4 Å². The lowest BCUT2D eigenvalue weighted by molar-refractivity contribution is 0.285. The first-order valence-corrected chi connectivity index (χ1v) is 8.17. The number of aromatic nitrogens is 2. The van der Waals surface area contributed by atoms with Crippen molar-refractivity contribution in [2.45, 2.75) is 26.8 Å². The highest BCUT2D eigenvalue weighted by molar-refractivity contribution is 7.98. The molecule has 0 fully saturated rings. The van der Waals surface area contributed by atoms with Gasteiger partial charge in [0.05, 0.1) is 18.4 Å². The first-order chi connectivity index (χ1) is 8.80. The normalized spacial score (nSPS) is 11.1. The quantitative estimate of drug-likeness (QED) is 0.662. The van der Waals surface area contributed by atoms with Crippen LogP contribution in [0.25, 0.3) is 0 Å². The number of rotatable bonds is 10. The predicted molar refractivity (Wildman–Crippen MR) is 81.5 cm³/mol. The van der Waals surface area contributed by atoms with Gasteiger partial charge < -0.3 is 10.2 Å². The molecular formula is C13H26N4S. The second-order valence-electron chi connectivity index (χ2n) is 4.29. The lowest BCUT2D eigenvalue weighted by Gasteiger charge is -2.17. The molecule has 0 atom stereocenters. The number of likely N-dealkylation sites (N-methyl/N-ethyl adjacent to an activating group) is 1. The van der Waals surface area contributed by atoms with E-state index in [2.05, 4.69) is 41.6 Å². The molecule has 0 amide bonds. The molecule has 0 aliphatic carbocycles. The van der Waals surface area contributed by atoms with Crippen LogP contribution < -0.4 is 5.32 Å². The zero-order valence-corrected chi connectivity index (χ0v) is 12.7. The van der Waals surface area contributed by atoms with Crippen LogP contribution >= 0.6 is 11.8 Å². The Hall–Kier alpha value is -0.680. The summed E-state index contributed by atoms with van der Waals surface area (Å²) >= 11 is 1.89. The summed E-state index contributed by atoms with van der Waals surface area (Å²) in [6, 6.07) is 0. The van der Waals surface area contributed by atoms with Gasteiger partial charge in [0.2, 0.25) is 0 Å². The van der Waals surface area contributed by atoms with Gasteiger partial charge in [0.15, 0.2) is 0 Å². The Kier molecular flexibility index (Phi) is 7.93. The molecule has 0 radical (unpaired) electrons. The Balaban J connectivity index is 2.25. The van der Waals surface area contributed by atoms with E-state index in [0.29, 0.717) is 0 Å². The Morgan fingerprint density at radius 2 is 2.17 bits per heavy atom. The molecule has 1 heterocycles. The average molecular weight is 270 g/mol. The van der Waals surface area contributed by atoms with E-state index in [1.807, 2.05) is 22.6 Å². The highest BCUT2D eigenvalue weighted by atomic mass is 32.2. The minimum Gasteiger partial charge on any atom is -0.382 e. The van der Waals surface area contributed by atoms with Crippen molar-refractivity contribution in [1.82, 2.24) is 14.7 Å². The molecule has 0 spiro atoms. The largest absolute Gasteiger partial charge is 0.382 e. The zero-order chi connectivity index (χ0) is 13.2. The van der Waals surface area contributed by atoms with Gasteiger partial charge in [-0.15, -0.1) is 0 Å². The summed E-state index contributed by atoms with van der Waals surface area (Å²) in [6.07, 6.45) is 7.36. The smallest absolute Gasteiger partial charge is 0.0726 e. The van der Waals surface area contributed by atoms with Gasteiger partial charge >= 0.3 is 0 Å². The van der Waals surface area contributed by atoms with Gasteiger partial charge in [-0.2, -0.15) is 16.9 Å². The Labute approximate surface area is 115 Å². The summed E-state index contributed by atoms with van der Waals surface area (Å²) in [5.74, 6) is 1.21. The lowest BCUT2D eigenvalue weighted by Crippen LogP contribution is -2.27. The summed E-state index contributed by atoms with van der Waals surface area (Å²) in [4.78, 5) is 2.41. The number of thioether (sulfide) groups is 1. The van der Waals surface area contributed by atoms with Crippen molar-refractivity contribution in [3.63, 3.8) is 0 Å². The molecule has 104 valence electrons. The van der Waals surface area contributed by atoms with E-state index in [0.717, 1.165) is 38.4 Å². The fraction of sp³-hybridized carbons (Fsp3) is 0.769. The number of nitrogens with zero attached hydrogens (tertiary/aromatic N) is 3. The zero-order valence-electron chi connectivity index (χ0n) is 11.9. The van der Waals surface area contributed by atoms with Crippen LogP contribution in [0.3, 0.4) is 0 Å². The maximum atomic E-state index is 4.38. The van der Waals surface area contributed by atoms with E-state index < -0.39 is 0 Å². The third kappa shape index (κ3) is 5.78. The van der Waals surface area contributed by atoms with Gasteiger partial charge in [-0.1, -0.05) is 13.8 Å². The fourth-order valence-corrected chi connectivity index (χ4v) is 2.24. The van der Waals surface area contributed by atoms with Crippen LogP contribution in [-0.4, -0.2) is 52.9 Å². The summed E-state index contributed by atoms with van der Waals surface area (Å²) < 4.78 is 2.02. The molecule has 4 nitrogen and oxygen atoms in total. The second kappa shape index (κ2) is 9.28. The third-order valence-electron chi connectivity index (χ3n) is 3.03. The van der Waals surface area contributed by atoms with Crippen molar-refractivity contribution in [1.29, 1.82) is 0 Å². The molecule has 1 N–H and O–H groups in total. The number of hydrogen-bond donors (Lipinski definition) is 1.